The lowest BCUT2D eigenvalue weighted by atomic mass is 9.99. The summed E-state index contributed by atoms with van der Waals surface area (Å²) in [6, 6.07) is 6.74. The molecule has 1 fully saturated rings. The second kappa shape index (κ2) is 5.74. The fraction of sp³-hybridized carbons (Fsp3) is 0.562. The van der Waals surface area contributed by atoms with Crippen LogP contribution in [-0.2, 0) is 4.79 Å². The summed E-state index contributed by atoms with van der Waals surface area (Å²) in [7, 11) is 1.97. The van der Waals surface area contributed by atoms with Crippen molar-refractivity contribution in [2.75, 3.05) is 20.1 Å². The molecule has 2 unspecified atom stereocenters. The Balaban J connectivity index is 2.14. The van der Waals surface area contributed by atoms with Gasteiger partial charge in [-0.3, -0.25) is 4.79 Å². The Labute approximate surface area is 116 Å². The van der Waals surface area contributed by atoms with E-state index in [1.165, 1.54) is 16.7 Å². The van der Waals surface area contributed by atoms with E-state index in [0.29, 0.717) is 12.3 Å². The molecule has 2 rings (SSSR count). The van der Waals surface area contributed by atoms with E-state index in [1.54, 1.807) is 0 Å². The molecule has 0 saturated carbocycles. The Bertz CT molecular complexity index is 470. The normalized spacial score (nSPS) is 20.9. The SMILES string of the molecule is CNC(CN1CC(C)CC1=O)c1ccc(C)cc1C. The molecule has 2 atom stereocenters. The number of likely N-dealkylation sites (tertiary alicyclic amines) is 1. The molecule has 1 amide bonds. The van der Waals surface area contributed by atoms with Crippen LogP contribution >= 0.6 is 0 Å². The number of nitrogens with one attached hydrogen (secondary N) is 1. The van der Waals surface area contributed by atoms with Crippen molar-refractivity contribution in [1.29, 1.82) is 0 Å². The monoisotopic (exact) mass is 260 g/mol. The van der Waals surface area contributed by atoms with Gasteiger partial charge in [-0.1, -0.05) is 30.7 Å². The first-order chi connectivity index (χ1) is 9.01. The molecule has 0 radical (unpaired) electrons. The van der Waals surface area contributed by atoms with Crippen LogP contribution in [0, 0.1) is 19.8 Å². The minimum Gasteiger partial charge on any atom is -0.340 e. The standard InChI is InChI=1S/C16H24N2O/c1-11-5-6-14(13(3)7-11)15(17-4)10-18-9-12(2)8-16(18)19/h5-7,12,15,17H,8-10H2,1-4H3. The average molecular weight is 260 g/mol. The molecule has 0 aromatic heterocycles. The second-order valence-corrected chi connectivity index (χ2v) is 5.81. The Hall–Kier alpha value is -1.35. The van der Waals surface area contributed by atoms with Gasteiger partial charge in [-0.15, -0.1) is 0 Å². The molecule has 1 aromatic rings. The number of carbonyl (C=O) groups is 1. The fourth-order valence-corrected chi connectivity index (χ4v) is 2.93. The molecular formula is C16H24N2O. The molecule has 1 heterocycles. The van der Waals surface area contributed by atoms with E-state index in [0.717, 1.165) is 13.1 Å². The number of aryl methyl sites for hydroxylation is 2. The van der Waals surface area contributed by atoms with Crippen molar-refractivity contribution >= 4 is 5.91 Å². The maximum atomic E-state index is 11.9. The summed E-state index contributed by atoms with van der Waals surface area (Å²) in [5.41, 5.74) is 3.86. The maximum Gasteiger partial charge on any atom is 0.222 e. The molecule has 0 spiro atoms. The summed E-state index contributed by atoms with van der Waals surface area (Å²) < 4.78 is 0. The topological polar surface area (TPSA) is 32.3 Å². The highest BCUT2D eigenvalue weighted by atomic mass is 16.2. The van der Waals surface area contributed by atoms with Gasteiger partial charge < -0.3 is 10.2 Å². The number of likely N-dealkylation sites (N-methyl/N-ethyl adjacent to an activating group) is 1. The molecule has 1 aromatic carbocycles. The van der Waals surface area contributed by atoms with Crippen molar-refractivity contribution < 1.29 is 4.79 Å². The summed E-state index contributed by atoms with van der Waals surface area (Å²) >= 11 is 0. The molecule has 0 bridgehead atoms. The fourth-order valence-electron chi connectivity index (χ4n) is 2.93. The minimum atomic E-state index is 0.217. The van der Waals surface area contributed by atoms with Crippen molar-refractivity contribution in [3.8, 4) is 0 Å². The average Bonchev–Trinajstić information content (AvgIpc) is 2.65. The highest BCUT2D eigenvalue weighted by molar-refractivity contribution is 5.78. The summed E-state index contributed by atoms with van der Waals surface area (Å²) in [6.45, 7) is 8.05. The third kappa shape index (κ3) is 3.16. The van der Waals surface area contributed by atoms with Crippen LogP contribution in [0.25, 0.3) is 0 Å². The largest absolute Gasteiger partial charge is 0.340 e. The van der Waals surface area contributed by atoms with Crippen LogP contribution in [0.1, 0.15) is 36.1 Å². The van der Waals surface area contributed by atoms with Crippen LogP contribution in [0.15, 0.2) is 18.2 Å². The van der Waals surface area contributed by atoms with E-state index in [-0.39, 0.29) is 11.9 Å². The zero-order chi connectivity index (χ0) is 14.0. The number of rotatable bonds is 4. The van der Waals surface area contributed by atoms with E-state index in [1.807, 2.05) is 11.9 Å². The molecule has 3 heteroatoms. The molecular weight excluding hydrogens is 236 g/mol. The van der Waals surface area contributed by atoms with Crippen molar-refractivity contribution in [1.82, 2.24) is 10.2 Å². The van der Waals surface area contributed by atoms with Crippen molar-refractivity contribution in [2.45, 2.75) is 33.2 Å². The number of amides is 1. The smallest absolute Gasteiger partial charge is 0.222 e. The third-order valence-corrected chi connectivity index (χ3v) is 3.96. The van der Waals surface area contributed by atoms with Crippen LogP contribution < -0.4 is 5.32 Å². The number of nitrogens with zero attached hydrogens (tertiary/aromatic N) is 1. The van der Waals surface area contributed by atoms with Gasteiger partial charge in [-0.2, -0.15) is 0 Å². The number of benzene rings is 1. The molecule has 1 aliphatic heterocycles. The summed E-state index contributed by atoms with van der Waals surface area (Å²) in [5.74, 6) is 0.779. The van der Waals surface area contributed by atoms with Crippen LogP contribution in [0.4, 0.5) is 0 Å². The summed E-state index contributed by atoms with van der Waals surface area (Å²) in [6.07, 6.45) is 0.698. The molecule has 1 aliphatic rings. The Kier molecular flexibility index (Phi) is 4.25. The Morgan fingerprint density at radius 1 is 1.42 bits per heavy atom. The number of hydrogen-bond acceptors (Lipinski definition) is 2. The van der Waals surface area contributed by atoms with Crippen molar-refractivity contribution in [3.05, 3.63) is 34.9 Å². The summed E-state index contributed by atoms with van der Waals surface area (Å²) in [4.78, 5) is 13.9. The Morgan fingerprint density at radius 3 is 2.68 bits per heavy atom. The highest BCUT2D eigenvalue weighted by Crippen LogP contribution is 2.23. The molecule has 3 nitrogen and oxygen atoms in total. The van der Waals surface area contributed by atoms with Gasteiger partial charge in [0.2, 0.25) is 5.91 Å². The molecule has 104 valence electrons. The predicted octanol–water partition coefficient (Wildman–Crippen LogP) is 2.43. The molecule has 19 heavy (non-hydrogen) atoms. The first-order valence-corrected chi connectivity index (χ1v) is 7.03. The van der Waals surface area contributed by atoms with Gasteiger partial charge >= 0.3 is 0 Å². The zero-order valence-electron chi connectivity index (χ0n) is 12.4. The van der Waals surface area contributed by atoms with Gasteiger partial charge in [0, 0.05) is 25.6 Å². The quantitative estimate of drug-likeness (QED) is 0.902. The van der Waals surface area contributed by atoms with Gasteiger partial charge in [0.1, 0.15) is 0 Å². The van der Waals surface area contributed by atoms with Crippen molar-refractivity contribution in [3.63, 3.8) is 0 Å². The third-order valence-electron chi connectivity index (χ3n) is 3.96. The molecule has 1 N–H and O–H groups in total. The molecule has 1 saturated heterocycles. The van der Waals surface area contributed by atoms with E-state index < -0.39 is 0 Å². The minimum absolute atomic E-state index is 0.217. The second-order valence-electron chi connectivity index (χ2n) is 5.81. The highest BCUT2D eigenvalue weighted by Gasteiger charge is 2.28. The predicted molar refractivity (Wildman–Crippen MR) is 78.1 cm³/mol. The van der Waals surface area contributed by atoms with Crippen LogP contribution in [0.3, 0.4) is 0 Å². The number of hydrogen-bond donors (Lipinski definition) is 1. The first kappa shape index (κ1) is 14.1. The van der Waals surface area contributed by atoms with E-state index >= 15 is 0 Å². The zero-order valence-corrected chi connectivity index (χ0v) is 12.4. The van der Waals surface area contributed by atoms with E-state index in [2.05, 4.69) is 44.3 Å². The van der Waals surface area contributed by atoms with Gasteiger partial charge in [-0.05, 0) is 37.9 Å². The summed E-state index contributed by atoms with van der Waals surface area (Å²) in [5, 5.41) is 3.35. The van der Waals surface area contributed by atoms with Crippen LogP contribution in [0.5, 0.6) is 0 Å². The Morgan fingerprint density at radius 2 is 2.16 bits per heavy atom. The van der Waals surface area contributed by atoms with Gasteiger partial charge in [0.15, 0.2) is 0 Å². The molecule has 0 aliphatic carbocycles. The lowest BCUT2D eigenvalue weighted by molar-refractivity contribution is -0.128. The lowest BCUT2D eigenvalue weighted by Gasteiger charge is -2.25. The number of carbonyl (C=O) groups excluding carboxylic acids is 1. The van der Waals surface area contributed by atoms with Crippen LogP contribution in [-0.4, -0.2) is 30.9 Å². The van der Waals surface area contributed by atoms with Gasteiger partial charge in [0.25, 0.3) is 0 Å². The van der Waals surface area contributed by atoms with Gasteiger partial charge in [0.05, 0.1) is 0 Å². The van der Waals surface area contributed by atoms with Crippen LogP contribution in [0.2, 0.25) is 0 Å². The van der Waals surface area contributed by atoms with Gasteiger partial charge in [-0.25, -0.2) is 0 Å². The van der Waals surface area contributed by atoms with E-state index in [9.17, 15) is 4.79 Å². The lowest BCUT2D eigenvalue weighted by Crippen LogP contribution is -2.35. The van der Waals surface area contributed by atoms with E-state index in [4.69, 9.17) is 0 Å². The van der Waals surface area contributed by atoms with Crippen molar-refractivity contribution in [2.24, 2.45) is 5.92 Å². The maximum absolute atomic E-state index is 11.9. The first-order valence-electron chi connectivity index (χ1n) is 7.03.